The summed E-state index contributed by atoms with van der Waals surface area (Å²) >= 11 is 11.5. The van der Waals surface area contributed by atoms with Gasteiger partial charge in [-0.2, -0.15) is 0 Å². The molecule has 12 nitrogen and oxygen atoms in total. The average Bonchev–Trinajstić information content (AvgIpc) is 3.21. The van der Waals surface area contributed by atoms with Crippen molar-refractivity contribution in [1.29, 1.82) is 0 Å². The van der Waals surface area contributed by atoms with Crippen molar-refractivity contribution in [1.82, 2.24) is 0 Å². The van der Waals surface area contributed by atoms with Crippen molar-refractivity contribution in [2.75, 3.05) is 22.4 Å². The summed E-state index contributed by atoms with van der Waals surface area (Å²) in [6.07, 6.45) is 0. The molecule has 0 bridgehead atoms. The molecule has 0 unspecified atom stereocenters. The molecule has 0 saturated carbocycles. The number of alkyl halides is 2. The second-order valence-corrected chi connectivity index (χ2v) is 9.29. The molecule has 2 heterocycles. The normalized spacial score (nSPS) is 13.9. The minimum Gasteiger partial charge on any atom is -0.508 e. The van der Waals surface area contributed by atoms with E-state index in [4.69, 9.17) is 38.4 Å². The number of hydrogen-bond donors (Lipinski definition) is 6. The summed E-state index contributed by atoms with van der Waals surface area (Å²) in [5.41, 5.74) is 2.58. The second-order valence-electron chi connectivity index (χ2n) is 8.76. The molecule has 7 N–H and O–H groups in total. The molecule has 2 aliphatic rings. The summed E-state index contributed by atoms with van der Waals surface area (Å²) in [6.45, 7) is -0.482. The van der Waals surface area contributed by atoms with Crippen molar-refractivity contribution in [3.63, 3.8) is 0 Å². The van der Waals surface area contributed by atoms with E-state index in [2.05, 4.69) is 10.6 Å². The van der Waals surface area contributed by atoms with Crippen LogP contribution in [0, 0.1) is 0 Å². The van der Waals surface area contributed by atoms with E-state index in [1.54, 1.807) is 0 Å². The van der Waals surface area contributed by atoms with Gasteiger partial charge < -0.3 is 41.2 Å². The van der Waals surface area contributed by atoms with Crippen molar-refractivity contribution < 1.29 is 44.0 Å². The summed E-state index contributed by atoms with van der Waals surface area (Å²) in [4.78, 5) is 51.4. The molecule has 0 radical (unpaired) electrons. The number of aromatic hydroxyl groups is 2. The summed E-state index contributed by atoms with van der Waals surface area (Å²) < 4.78 is 12.0. The number of nitrogens with one attached hydrogen (secondary N) is 2. The molecule has 3 aromatic carbocycles. The fraction of sp³-hybridized carbons (Fsp3) is 0.154. The van der Waals surface area contributed by atoms with Crippen molar-refractivity contribution in [3.05, 3.63) is 69.8 Å². The van der Waals surface area contributed by atoms with E-state index in [1.165, 1.54) is 36.4 Å². The number of benzene rings is 3. The van der Waals surface area contributed by atoms with Crippen molar-refractivity contribution in [2.24, 2.45) is 5.73 Å². The van der Waals surface area contributed by atoms with Gasteiger partial charge in [0.1, 0.15) is 34.8 Å². The standard InChI is InChI=1S/C26H19Cl2N3O9/c27-7-17(34)30-22-20(24(36)37)12(9-29)19-21(23(22)31-18(35)8-28)26(40-25(19)38)13-3-1-10(32)5-15(13)39-16-6-11(33)2-4-14(16)26/h1-6,32-33H,7-9,29H2,(H,30,34)(H,31,35)(H,36,37). The zero-order valence-electron chi connectivity index (χ0n) is 20.2. The van der Waals surface area contributed by atoms with Gasteiger partial charge in [-0.25, -0.2) is 9.59 Å². The fourth-order valence-electron chi connectivity index (χ4n) is 5.07. The van der Waals surface area contributed by atoms with E-state index in [9.17, 15) is 34.5 Å². The van der Waals surface area contributed by atoms with Gasteiger partial charge in [-0.05, 0) is 29.8 Å². The molecule has 2 aliphatic heterocycles. The number of phenols is 2. The third-order valence-corrected chi connectivity index (χ3v) is 6.99. The minimum atomic E-state index is -1.94. The Labute approximate surface area is 235 Å². The van der Waals surface area contributed by atoms with Gasteiger partial charge in [0, 0.05) is 35.4 Å². The summed E-state index contributed by atoms with van der Waals surface area (Å²) in [7, 11) is 0. The lowest BCUT2D eigenvalue weighted by Gasteiger charge is -2.37. The number of amides is 2. The molecule has 0 atom stereocenters. The highest BCUT2D eigenvalue weighted by molar-refractivity contribution is 6.31. The lowest BCUT2D eigenvalue weighted by atomic mass is 9.75. The van der Waals surface area contributed by atoms with Crippen LogP contribution in [-0.2, 0) is 26.5 Å². The number of esters is 1. The van der Waals surface area contributed by atoms with E-state index >= 15 is 0 Å². The zero-order valence-corrected chi connectivity index (χ0v) is 21.7. The molecule has 0 fully saturated rings. The number of phenolic OH excluding ortho intramolecular Hbond substituents is 2. The van der Waals surface area contributed by atoms with Crippen LogP contribution in [0.3, 0.4) is 0 Å². The maximum absolute atomic E-state index is 13.7. The van der Waals surface area contributed by atoms with Gasteiger partial charge in [0.05, 0.1) is 22.5 Å². The van der Waals surface area contributed by atoms with E-state index in [1.807, 2.05) is 0 Å². The molecular formula is C26H19Cl2N3O9. The number of hydrogen-bond acceptors (Lipinski definition) is 9. The lowest BCUT2D eigenvalue weighted by molar-refractivity contribution is -0.114. The van der Waals surface area contributed by atoms with E-state index in [0.29, 0.717) is 0 Å². The van der Waals surface area contributed by atoms with Crippen LogP contribution in [0.2, 0.25) is 0 Å². The Morgan fingerprint density at radius 3 is 1.90 bits per heavy atom. The lowest BCUT2D eigenvalue weighted by Crippen LogP contribution is -2.34. The first kappa shape index (κ1) is 27.1. The number of rotatable bonds is 6. The number of nitrogens with two attached hydrogens (primary N) is 1. The molecule has 3 aromatic rings. The number of carbonyl (C=O) groups is 4. The molecule has 1 spiro atoms. The molecule has 0 aliphatic carbocycles. The van der Waals surface area contributed by atoms with Crippen LogP contribution in [0.25, 0.3) is 0 Å². The number of carboxylic acid groups (broad SMARTS) is 1. The third-order valence-electron chi connectivity index (χ3n) is 6.50. The van der Waals surface area contributed by atoms with Crippen molar-refractivity contribution in [3.8, 4) is 23.0 Å². The molecule has 0 aromatic heterocycles. The molecular weight excluding hydrogens is 569 g/mol. The maximum Gasteiger partial charge on any atom is 0.340 e. The molecule has 40 heavy (non-hydrogen) atoms. The van der Waals surface area contributed by atoms with Gasteiger partial charge in [0.15, 0.2) is 5.60 Å². The fourth-order valence-corrected chi connectivity index (χ4v) is 5.21. The third kappa shape index (κ3) is 3.96. The van der Waals surface area contributed by atoms with Gasteiger partial charge >= 0.3 is 11.9 Å². The molecule has 206 valence electrons. The SMILES string of the molecule is NCc1c(C(=O)O)c(NC(=O)CCl)c(NC(=O)CCl)c2c1C(=O)OC21c2ccc(O)cc2Oc2cc(O)ccc21. The first-order chi connectivity index (χ1) is 19.1. The quantitative estimate of drug-likeness (QED) is 0.184. The smallest absolute Gasteiger partial charge is 0.340 e. The highest BCUT2D eigenvalue weighted by Crippen LogP contribution is 2.60. The molecule has 2 amide bonds. The van der Waals surface area contributed by atoms with Crippen LogP contribution in [0.5, 0.6) is 23.0 Å². The van der Waals surface area contributed by atoms with Gasteiger partial charge in [0.25, 0.3) is 0 Å². The summed E-state index contributed by atoms with van der Waals surface area (Å²) in [6, 6.07) is 7.95. The first-order valence-corrected chi connectivity index (χ1v) is 12.6. The van der Waals surface area contributed by atoms with Crippen molar-refractivity contribution >= 4 is 58.3 Å². The predicted molar refractivity (Wildman–Crippen MR) is 142 cm³/mol. The Morgan fingerprint density at radius 1 is 0.900 bits per heavy atom. The van der Waals surface area contributed by atoms with Crippen LogP contribution in [0.15, 0.2) is 36.4 Å². The largest absolute Gasteiger partial charge is 0.508 e. The number of halogens is 2. The number of fused-ring (bicyclic) bond motifs is 6. The van der Waals surface area contributed by atoms with Crippen LogP contribution in [-0.4, -0.2) is 50.8 Å². The van der Waals surface area contributed by atoms with E-state index in [-0.39, 0.29) is 56.5 Å². The number of carboxylic acids is 1. The number of anilines is 2. The Morgan fingerprint density at radius 2 is 1.43 bits per heavy atom. The predicted octanol–water partition coefficient (Wildman–Crippen LogP) is 3.18. The topological polar surface area (TPSA) is 198 Å². The van der Waals surface area contributed by atoms with Gasteiger partial charge in [-0.3, -0.25) is 9.59 Å². The van der Waals surface area contributed by atoms with Crippen LogP contribution < -0.4 is 21.1 Å². The monoisotopic (exact) mass is 587 g/mol. The second kappa shape index (κ2) is 9.90. The Hall–Kier alpha value is -4.52. The average molecular weight is 588 g/mol. The van der Waals surface area contributed by atoms with Gasteiger partial charge in [-0.15, -0.1) is 23.2 Å². The van der Waals surface area contributed by atoms with Crippen LogP contribution in [0.4, 0.5) is 11.4 Å². The number of aromatic carboxylic acids is 1. The number of ether oxygens (including phenoxy) is 2. The zero-order chi connectivity index (χ0) is 28.9. The molecule has 0 saturated heterocycles. The Balaban J connectivity index is 2.02. The highest BCUT2D eigenvalue weighted by Gasteiger charge is 2.57. The Kier molecular flexibility index (Phi) is 6.70. The first-order valence-electron chi connectivity index (χ1n) is 11.5. The highest BCUT2D eigenvalue weighted by atomic mass is 35.5. The van der Waals surface area contributed by atoms with Gasteiger partial charge in [-0.1, -0.05) is 0 Å². The molecule has 14 heteroatoms. The minimum absolute atomic E-state index is 0.0244. The van der Waals surface area contributed by atoms with Crippen molar-refractivity contribution in [2.45, 2.75) is 12.1 Å². The van der Waals surface area contributed by atoms with E-state index < -0.39 is 58.9 Å². The molecule has 5 rings (SSSR count). The Bertz CT molecular complexity index is 1590. The summed E-state index contributed by atoms with van der Waals surface area (Å²) in [5.74, 6) is -5.68. The van der Waals surface area contributed by atoms with Crippen LogP contribution in [0.1, 0.15) is 43.0 Å². The van der Waals surface area contributed by atoms with E-state index in [0.717, 1.165) is 0 Å². The summed E-state index contributed by atoms with van der Waals surface area (Å²) in [5, 5.41) is 35.4. The van der Waals surface area contributed by atoms with Crippen LogP contribution >= 0.6 is 23.2 Å². The maximum atomic E-state index is 13.7. The number of carbonyl (C=O) groups excluding carboxylic acids is 3. The van der Waals surface area contributed by atoms with Gasteiger partial charge in [0.2, 0.25) is 11.8 Å².